The zero-order valence-corrected chi connectivity index (χ0v) is 34.4. The largest absolute Gasteiger partial charge is 1.00 e. The van der Waals surface area contributed by atoms with Crippen molar-refractivity contribution in [3.05, 3.63) is 123 Å². The number of halogens is 2. The second-order valence-electron chi connectivity index (χ2n) is 13.1. The van der Waals surface area contributed by atoms with E-state index in [1.807, 2.05) is 0 Å². The van der Waals surface area contributed by atoms with E-state index >= 15 is 0 Å². The Bertz CT molecular complexity index is 1560. The maximum atomic E-state index is 2.46. The molecular weight excluding hydrogens is 734 g/mol. The Morgan fingerprint density at radius 3 is 1.25 bits per heavy atom. The fraction of sp³-hybridized carbons (Fsp3) is 0.350. The minimum absolute atomic E-state index is 0. The molecule has 4 heteroatoms. The molecule has 0 saturated heterocycles. The van der Waals surface area contributed by atoms with E-state index in [1.165, 1.54) is 22.3 Å². The van der Waals surface area contributed by atoms with Gasteiger partial charge in [0, 0.05) is 0 Å². The summed E-state index contributed by atoms with van der Waals surface area (Å²) in [5.41, 5.74) is 15.9. The van der Waals surface area contributed by atoms with E-state index in [2.05, 4.69) is 149 Å². The molecule has 0 aromatic heterocycles. The van der Waals surface area contributed by atoms with E-state index < -0.39 is 45.5 Å². The van der Waals surface area contributed by atoms with Gasteiger partial charge in [0.15, 0.2) is 0 Å². The second-order valence-corrected chi connectivity index (χ2v) is 19.8. The van der Waals surface area contributed by atoms with Crippen LogP contribution in [0.25, 0.3) is 12.2 Å². The number of hydrogen-bond acceptors (Lipinski definition) is 0. The molecule has 4 aliphatic carbocycles. The van der Waals surface area contributed by atoms with Gasteiger partial charge in [-0.1, -0.05) is 0 Å². The van der Waals surface area contributed by atoms with Crippen LogP contribution >= 0.6 is 0 Å². The molecule has 6 rings (SSSR count). The van der Waals surface area contributed by atoms with Crippen molar-refractivity contribution in [2.24, 2.45) is 10.8 Å². The molecule has 0 spiro atoms. The maximum absolute atomic E-state index is 2.46. The summed E-state index contributed by atoms with van der Waals surface area (Å²) in [6, 6.07) is 17.8. The summed E-state index contributed by atoms with van der Waals surface area (Å²) in [6.07, 6.45) is 9.46. The fourth-order valence-electron chi connectivity index (χ4n) is 7.50. The van der Waals surface area contributed by atoms with Crippen LogP contribution in [0.5, 0.6) is 0 Å². The Morgan fingerprint density at radius 2 is 0.909 bits per heavy atom. The Labute approximate surface area is 301 Å². The monoisotopic (exact) mass is 776 g/mol. The topological polar surface area (TPSA) is 0 Å². The standard InChI is InChI=1S/2C18H19.2C2H4.2ClH.2Zr/c2*1-12-11-17(18(3,4)13(12)2)16-10-9-14-7-5-6-8-15(14)16;2*1-2;;;;/h2*5-10,16H,1-4H3;2*1H,2H3;2*1H;;/q;;;;;;2*+1/p-2. The summed E-state index contributed by atoms with van der Waals surface area (Å²) < 4.78 is 8.38. The van der Waals surface area contributed by atoms with Crippen LogP contribution in [0.4, 0.5) is 0 Å². The molecule has 0 bridgehead atoms. The van der Waals surface area contributed by atoms with Gasteiger partial charge >= 0.3 is 280 Å². The van der Waals surface area contributed by atoms with Gasteiger partial charge in [-0.15, -0.1) is 0 Å². The Hall–Kier alpha value is -1.03. The van der Waals surface area contributed by atoms with Gasteiger partial charge in [0.25, 0.3) is 0 Å². The van der Waals surface area contributed by atoms with Gasteiger partial charge in [0.05, 0.1) is 0 Å². The van der Waals surface area contributed by atoms with Crippen LogP contribution in [-0.4, -0.2) is 7.42 Å². The normalized spacial score (nSPS) is 22.1. The molecule has 2 atom stereocenters. The van der Waals surface area contributed by atoms with Crippen molar-refractivity contribution < 1.29 is 70.3 Å². The molecule has 0 radical (unpaired) electrons. The SMILES string of the molecule is C[CH]=[Zr+][C]1=C(C2C=Cc3ccccc32)C(C)(C)C(C)=C1C.C[CH]=[Zr+][C]1=C(C2C=Cc3ccccc32)C(C)(C)C(C)=C1C.[Cl-].[Cl-]. The Balaban J connectivity index is 0.000000230. The number of rotatable bonds is 4. The summed E-state index contributed by atoms with van der Waals surface area (Å²) in [6.45, 7) is 23.5. The van der Waals surface area contributed by atoms with E-state index in [0.29, 0.717) is 11.8 Å². The number of hydrogen-bond donors (Lipinski definition) is 0. The van der Waals surface area contributed by atoms with E-state index in [9.17, 15) is 0 Å². The van der Waals surface area contributed by atoms with Crippen molar-refractivity contribution in [2.75, 3.05) is 0 Å². The first-order valence-corrected chi connectivity index (χ1v) is 20.7. The molecule has 0 fully saturated rings. The average molecular weight is 780 g/mol. The predicted octanol–water partition coefficient (Wildman–Crippen LogP) is 4.67. The molecule has 2 aromatic rings. The molecule has 2 aromatic carbocycles. The van der Waals surface area contributed by atoms with Crippen molar-refractivity contribution in [2.45, 2.75) is 81.1 Å². The summed E-state index contributed by atoms with van der Waals surface area (Å²) in [5.74, 6) is 0.971. The third-order valence-electron chi connectivity index (χ3n) is 10.4. The smallest absolute Gasteiger partial charge is 1.00 e. The van der Waals surface area contributed by atoms with E-state index in [4.69, 9.17) is 0 Å². The zero-order chi connectivity index (χ0) is 30.4. The van der Waals surface area contributed by atoms with Crippen LogP contribution in [0, 0.1) is 10.8 Å². The maximum Gasteiger partial charge on any atom is -1.00 e. The van der Waals surface area contributed by atoms with Gasteiger partial charge in [-0.3, -0.25) is 0 Å². The summed E-state index contributed by atoms with van der Waals surface area (Å²) in [7, 11) is 0. The van der Waals surface area contributed by atoms with Crippen LogP contribution in [-0.2, 0) is 45.5 Å². The molecule has 0 aliphatic heterocycles. The first-order valence-electron chi connectivity index (χ1n) is 15.5. The van der Waals surface area contributed by atoms with Crippen LogP contribution in [0.15, 0.2) is 101 Å². The average Bonchev–Trinajstić information content (AvgIpc) is 3.67. The molecule has 0 saturated carbocycles. The van der Waals surface area contributed by atoms with Crippen LogP contribution in [0.2, 0.25) is 0 Å². The Kier molecular flexibility index (Phi) is 12.6. The van der Waals surface area contributed by atoms with E-state index in [-0.39, 0.29) is 35.6 Å². The molecule has 228 valence electrons. The molecule has 0 N–H and O–H groups in total. The first kappa shape index (κ1) is 37.4. The quantitative estimate of drug-likeness (QED) is 0.424. The van der Waals surface area contributed by atoms with Crippen molar-refractivity contribution in [1.82, 2.24) is 0 Å². The van der Waals surface area contributed by atoms with Gasteiger partial charge in [-0.05, 0) is 0 Å². The van der Waals surface area contributed by atoms with Crippen LogP contribution in [0.1, 0.15) is 103 Å². The van der Waals surface area contributed by atoms with Gasteiger partial charge in [-0.2, -0.15) is 0 Å². The van der Waals surface area contributed by atoms with Crippen LogP contribution < -0.4 is 24.8 Å². The third-order valence-corrected chi connectivity index (χ3v) is 16.4. The predicted molar refractivity (Wildman–Crippen MR) is 178 cm³/mol. The summed E-state index contributed by atoms with van der Waals surface area (Å²) in [5, 5.41) is 0. The molecule has 44 heavy (non-hydrogen) atoms. The van der Waals surface area contributed by atoms with Gasteiger partial charge in [0.2, 0.25) is 0 Å². The summed E-state index contributed by atoms with van der Waals surface area (Å²) in [4.78, 5) is 0. The first-order chi connectivity index (χ1) is 20.0. The minimum atomic E-state index is -0.570. The molecule has 0 nitrogen and oxygen atoms in total. The van der Waals surface area contributed by atoms with E-state index in [1.54, 1.807) is 40.0 Å². The van der Waals surface area contributed by atoms with Gasteiger partial charge in [-0.25, -0.2) is 0 Å². The number of allylic oxidation sites excluding steroid dienone is 10. The van der Waals surface area contributed by atoms with Crippen molar-refractivity contribution in [3.8, 4) is 0 Å². The molecular formula is C40H46Cl2Zr2. The molecule has 4 aliphatic rings. The van der Waals surface area contributed by atoms with E-state index in [0.717, 1.165) is 0 Å². The van der Waals surface area contributed by atoms with Crippen molar-refractivity contribution >= 4 is 19.6 Å². The van der Waals surface area contributed by atoms with Crippen molar-refractivity contribution in [1.29, 1.82) is 0 Å². The number of fused-ring (bicyclic) bond motifs is 2. The zero-order valence-electron chi connectivity index (χ0n) is 28.0. The molecule has 0 heterocycles. The van der Waals surface area contributed by atoms with Gasteiger partial charge < -0.3 is 24.8 Å². The Morgan fingerprint density at radius 1 is 0.568 bits per heavy atom. The van der Waals surface area contributed by atoms with Gasteiger partial charge in [0.1, 0.15) is 0 Å². The molecule has 2 unspecified atom stereocenters. The second kappa shape index (κ2) is 14.8. The number of benzene rings is 2. The van der Waals surface area contributed by atoms with Crippen molar-refractivity contribution in [3.63, 3.8) is 0 Å². The van der Waals surface area contributed by atoms with Crippen LogP contribution in [0.3, 0.4) is 0 Å². The third kappa shape index (κ3) is 6.42. The molecule has 0 amide bonds. The fourth-order valence-corrected chi connectivity index (χ4v) is 14.0. The summed E-state index contributed by atoms with van der Waals surface area (Å²) >= 11 is -1.14. The minimum Gasteiger partial charge on any atom is -1.00 e.